The maximum Gasteiger partial charge on any atom is 0.192 e. The zero-order valence-corrected chi connectivity index (χ0v) is 26.9. The average Bonchev–Trinajstić information content (AvgIpc) is 3.18. The summed E-state index contributed by atoms with van der Waals surface area (Å²) in [4.78, 5) is 27.2. The summed E-state index contributed by atoms with van der Waals surface area (Å²) in [6.45, 7) is 19.2. The van der Waals surface area contributed by atoms with Gasteiger partial charge in [0.05, 0.1) is 36.7 Å². The summed E-state index contributed by atoms with van der Waals surface area (Å²) in [7, 11) is 2.14. The first-order valence-electron chi connectivity index (χ1n) is 14.4. The van der Waals surface area contributed by atoms with Gasteiger partial charge in [0.1, 0.15) is 12.4 Å². The van der Waals surface area contributed by atoms with Crippen LogP contribution in [0.2, 0.25) is 0 Å². The maximum atomic E-state index is 9.23. The van der Waals surface area contributed by atoms with Gasteiger partial charge < -0.3 is 30.3 Å². The van der Waals surface area contributed by atoms with Gasteiger partial charge in [-0.1, -0.05) is 5.92 Å². The van der Waals surface area contributed by atoms with E-state index in [2.05, 4.69) is 67.9 Å². The molecule has 1 aromatic rings. The van der Waals surface area contributed by atoms with E-state index < -0.39 is 0 Å². The predicted octanol–water partition coefficient (Wildman–Crippen LogP) is 3.90. The fraction of sp³-hybridized carbons (Fsp3) is 0.515. The summed E-state index contributed by atoms with van der Waals surface area (Å²) in [6.07, 6.45) is 12.3. The fourth-order valence-electron chi connectivity index (χ4n) is 4.39. The lowest BCUT2D eigenvalue weighted by molar-refractivity contribution is -0.103. The number of likely N-dealkylation sites (tertiary alicyclic amines) is 1. The molecule has 4 heterocycles. The number of ether oxygens (including phenoxy) is 2. The number of nitrogens with one attached hydrogen (secondary N) is 1. The van der Waals surface area contributed by atoms with Gasteiger partial charge in [-0.25, -0.2) is 4.98 Å². The van der Waals surface area contributed by atoms with E-state index >= 15 is 0 Å². The molecule has 0 spiro atoms. The molecule has 2 fully saturated rings. The third-order valence-electron chi connectivity index (χ3n) is 6.83. The van der Waals surface area contributed by atoms with Crippen molar-refractivity contribution in [1.29, 1.82) is 0 Å². The minimum atomic E-state index is 0.452. The minimum absolute atomic E-state index is 0.452. The second-order valence-corrected chi connectivity index (χ2v) is 10.2. The molecule has 0 aromatic carbocycles. The average molecular weight is 592 g/mol. The molecule has 3 aliphatic rings. The first-order valence-corrected chi connectivity index (χ1v) is 14.4. The number of fused-ring (bicyclic) bond motifs is 1. The highest BCUT2D eigenvalue weighted by atomic mass is 16.5. The van der Waals surface area contributed by atoms with Crippen LogP contribution in [0.3, 0.4) is 0 Å². The van der Waals surface area contributed by atoms with E-state index in [9.17, 15) is 4.79 Å². The standard InChI is InChI=1S/C20H29N5O2.C7H14N2.C4H4O.C2H2/c1-13(14(2)21)11-23-15(3)19-16(4)24-20-17(12-27-19)18(5-6-22-20)25-7-9-26-10-8-25;1-3-8-4-7-5-9(2)6-7;1-2-3-4-5;1-2/h5-6H,7-12,21H2,1-4H3,(H,22,24);3,7H,4-6H2,1-2H3;4H,1H3;1-2H/b14-13+,23-15?;;;. The Morgan fingerprint density at radius 1 is 1.26 bits per heavy atom. The number of aliphatic imine (C=N–C) groups is 2. The first-order chi connectivity index (χ1) is 20.7. The number of anilines is 2. The molecule has 43 heavy (non-hydrogen) atoms. The molecule has 10 heteroatoms. The Morgan fingerprint density at radius 3 is 2.47 bits per heavy atom. The number of morpholine rings is 1. The number of pyridine rings is 1. The van der Waals surface area contributed by atoms with Crippen molar-refractivity contribution >= 4 is 29.7 Å². The largest absolute Gasteiger partial charge is 0.485 e. The Bertz CT molecular complexity index is 1220. The van der Waals surface area contributed by atoms with Gasteiger partial charge in [-0.15, -0.1) is 12.8 Å². The summed E-state index contributed by atoms with van der Waals surface area (Å²) in [5.41, 5.74) is 11.7. The summed E-state index contributed by atoms with van der Waals surface area (Å²) < 4.78 is 11.6. The minimum Gasteiger partial charge on any atom is -0.485 e. The normalized spacial score (nSPS) is 17.2. The molecule has 4 rings (SSSR count). The van der Waals surface area contributed by atoms with E-state index in [1.165, 1.54) is 13.1 Å². The van der Waals surface area contributed by atoms with Gasteiger partial charge in [-0.05, 0) is 72.4 Å². The number of nitrogens with zero attached hydrogens (tertiary/aromatic N) is 5. The van der Waals surface area contributed by atoms with Gasteiger partial charge in [0, 0.05) is 56.2 Å². The lowest BCUT2D eigenvalue weighted by atomic mass is 10.0. The Morgan fingerprint density at radius 2 is 1.93 bits per heavy atom. The second-order valence-electron chi connectivity index (χ2n) is 10.2. The van der Waals surface area contributed by atoms with Crippen LogP contribution in [0.25, 0.3) is 0 Å². The molecule has 10 nitrogen and oxygen atoms in total. The first kappa shape index (κ1) is 36.9. The van der Waals surface area contributed by atoms with Crippen LogP contribution in [-0.4, -0.2) is 87.6 Å². The number of allylic oxidation sites excluding steroid dienone is 3. The topological polar surface area (TPSA) is 118 Å². The lowest BCUT2D eigenvalue weighted by Gasteiger charge is -2.34. The molecule has 0 radical (unpaired) electrons. The Kier molecular flexibility index (Phi) is 17.8. The Hall–Kier alpha value is -4.12. The zero-order chi connectivity index (χ0) is 32.2. The van der Waals surface area contributed by atoms with Gasteiger partial charge in [0.25, 0.3) is 0 Å². The molecule has 0 saturated carbocycles. The van der Waals surface area contributed by atoms with Crippen LogP contribution >= 0.6 is 0 Å². The van der Waals surface area contributed by atoms with Crippen molar-refractivity contribution in [2.24, 2.45) is 21.6 Å². The molecule has 3 aliphatic heterocycles. The third-order valence-corrected chi connectivity index (χ3v) is 6.83. The SMILES string of the molecule is C#C.CC#CC=O.CC(=NC/C(C)=C(\C)N)C1=C(C)Nc2nccc(N3CCOCC3)c2CO1.CC=NCC1CN(C)C1. The summed E-state index contributed by atoms with van der Waals surface area (Å²) in [5, 5.41) is 3.41. The van der Waals surface area contributed by atoms with Crippen LogP contribution < -0.4 is 16.0 Å². The molecule has 3 N–H and O–H groups in total. The Balaban J connectivity index is 0.000000474. The number of hydrogen-bond acceptors (Lipinski definition) is 10. The molecule has 1 aromatic heterocycles. The highest BCUT2D eigenvalue weighted by molar-refractivity contribution is 5.97. The number of aromatic nitrogens is 1. The number of carbonyl (C=O) groups excluding carboxylic acids is 1. The number of aldehydes is 1. The van der Waals surface area contributed by atoms with Crippen LogP contribution in [0, 0.1) is 30.6 Å². The van der Waals surface area contributed by atoms with Crippen molar-refractivity contribution in [3.8, 4) is 24.7 Å². The van der Waals surface area contributed by atoms with Crippen LogP contribution in [-0.2, 0) is 20.9 Å². The molecular formula is C33H49N7O3. The fourth-order valence-corrected chi connectivity index (χ4v) is 4.39. The monoisotopic (exact) mass is 591 g/mol. The number of hydrogen-bond donors (Lipinski definition) is 2. The number of nitrogens with two attached hydrogens (primary N) is 1. The number of rotatable bonds is 6. The molecule has 0 unspecified atom stereocenters. The van der Waals surface area contributed by atoms with Crippen molar-refractivity contribution in [3.63, 3.8) is 0 Å². The molecule has 234 valence electrons. The van der Waals surface area contributed by atoms with E-state index in [0.717, 1.165) is 84.3 Å². The van der Waals surface area contributed by atoms with Gasteiger partial charge in [-0.3, -0.25) is 14.8 Å². The van der Waals surface area contributed by atoms with Crippen molar-refractivity contribution in [1.82, 2.24) is 9.88 Å². The van der Waals surface area contributed by atoms with E-state index in [4.69, 9.17) is 15.2 Å². The van der Waals surface area contributed by atoms with Crippen molar-refractivity contribution in [2.75, 3.05) is 69.7 Å². The highest BCUT2D eigenvalue weighted by Crippen LogP contribution is 2.32. The number of carbonyl (C=O) groups is 1. The van der Waals surface area contributed by atoms with Gasteiger partial charge >= 0.3 is 0 Å². The smallest absolute Gasteiger partial charge is 0.192 e. The summed E-state index contributed by atoms with van der Waals surface area (Å²) in [6, 6.07) is 2.05. The van der Waals surface area contributed by atoms with Gasteiger partial charge in [0.2, 0.25) is 0 Å². The summed E-state index contributed by atoms with van der Waals surface area (Å²) >= 11 is 0. The molecule has 2 saturated heterocycles. The zero-order valence-electron chi connectivity index (χ0n) is 26.9. The van der Waals surface area contributed by atoms with E-state index in [1.54, 1.807) is 6.92 Å². The maximum absolute atomic E-state index is 9.23. The van der Waals surface area contributed by atoms with Crippen molar-refractivity contribution in [3.05, 3.63) is 40.6 Å². The second kappa shape index (κ2) is 20.7. The quantitative estimate of drug-likeness (QED) is 0.291. The van der Waals surface area contributed by atoms with E-state index in [0.29, 0.717) is 19.4 Å². The highest BCUT2D eigenvalue weighted by Gasteiger charge is 2.23. The van der Waals surface area contributed by atoms with Crippen LogP contribution in [0.5, 0.6) is 0 Å². The van der Waals surface area contributed by atoms with Crippen molar-refractivity contribution in [2.45, 2.75) is 48.1 Å². The predicted molar refractivity (Wildman–Crippen MR) is 178 cm³/mol. The Labute approximate surface area is 258 Å². The van der Waals surface area contributed by atoms with Crippen LogP contribution in [0.1, 0.15) is 47.1 Å². The van der Waals surface area contributed by atoms with Crippen LogP contribution in [0.15, 0.2) is 45.0 Å². The van der Waals surface area contributed by atoms with E-state index in [-0.39, 0.29) is 0 Å². The summed E-state index contributed by atoms with van der Waals surface area (Å²) in [5.74, 6) is 7.03. The van der Waals surface area contributed by atoms with Crippen molar-refractivity contribution < 1.29 is 14.3 Å². The van der Waals surface area contributed by atoms with E-state index in [1.807, 2.05) is 47.0 Å². The molecule has 0 aliphatic carbocycles. The third kappa shape index (κ3) is 12.7. The lowest BCUT2D eigenvalue weighted by Crippen LogP contribution is -2.45. The van der Waals surface area contributed by atoms with Crippen LogP contribution in [0.4, 0.5) is 11.5 Å². The molecular weight excluding hydrogens is 542 g/mol. The van der Waals surface area contributed by atoms with Gasteiger partial charge in [-0.2, -0.15) is 0 Å². The molecule has 0 bridgehead atoms. The van der Waals surface area contributed by atoms with Gasteiger partial charge in [0.15, 0.2) is 12.0 Å². The molecule has 0 atom stereocenters. The number of terminal acetylenes is 1. The molecule has 0 amide bonds.